The Bertz CT molecular complexity index is 219. The third-order valence-electron chi connectivity index (χ3n) is 5.37. The average molecular weight is 227 g/mol. The lowest BCUT2D eigenvalue weighted by molar-refractivity contribution is -0.281. The van der Waals surface area contributed by atoms with Gasteiger partial charge in [0.05, 0.1) is 0 Å². The highest BCUT2D eigenvalue weighted by Gasteiger charge is 2.51. The molecular formula is C14H29NO. The van der Waals surface area contributed by atoms with Gasteiger partial charge in [-0.15, -0.1) is 0 Å². The summed E-state index contributed by atoms with van der Waals surface area (Å²) < 4.78 is 0. The molecule has 1 N–H and O–H groups in total. The molecule has 0 amide bonds. The fourth-order valence-electron chi connectivity index (χ4n) is 3.69. The van der Waals surface area contributed by atoms with Crippen LogP contribution in [0.1, 0.15) is 73.1 Å². The number of rotatable bonds is 4. The Morgan fingerprint density at radius 2 is 1.56 bits per heavy atom. The predicted molar refractivity (Wildman–Crippen MR) is 68.6 cm³/mol. The zero-order valence-corrected chi connectivity index (χ0v) is 11.7. The van der Waals surface area contributed by atoms with Crippen LogP contribution >= 0.6 is 0 Å². The highest BCUT2D eigenvalue weighted by molar-refractivity contribution is 5.02. The lowest BCUT2D eigenvalue weighted by Gasteiger charge is -2.57. The first kappa shape index (κ1) is 14.0. The van der Waals surface area contributed by atoms with Crippen LogP contribution < -0.4 is 0 Å². The fourth-order valence-corrected chi connectivity index (χ4v) is 3.69. The van der Waals surface area contributed by atoms with Crippen molar-refractivity contribution in [2.24, 2.45) is 5.92 Å². The van der Waals surface area contributed by atoms with Crippen LogP contribution in [0, 0.1) is 5.92 Å². The smallest absolute Gasteiger partial charge is 0.0487 e. The second-order valence-corrected chi connectivity index (χ2v) is 5.49. The lowest BCUT2D eigenvalue weighted by Crippen LogP contribution is -2.64. The Kier molecular flexibility index (Phi) is 4.42. The first-order valence-electron chi connectivity index (χ1n) is 7.02. The maximum atomic E-state index is 10.7. The van der Waals surface area contributed by atoms with Crippen LogP contribution in [0.15, 0.2) is 0 Å². The average Bonchev–Trinajstić information content (AvgIpc) is 2.32. The van der Waals surface area contributed by atoms with E-state index >= 15 is 0 Å². The van der Waals surface area contributed by atoms with Crippen molar-refractivity contribution in [3.05, 3.63) is 0 Å². The normalized spacial score (nSPS) is 29.2. The molecule has 0 saturated carbocycles. The zero-order chi connectivity index (χ0) is 12.4. The lowest BCUT2D eigenvalue weighted by atomic mass is 9.68. The topological polar surface area (TPSA) is 23.5 Å². The van der Waals surface area contributed by atoms with E-state index in [1.54, 1.807) is 5.06 Å². The van der Waals surface area contributed by atoms with Gasteiger partial charge in [-0.3, -0.25) is 0 Å². The van der Waals surface area contributed by atoms with Gasteiger partial charge in [0.1, 0.15) is 0 Å². The quantitative estimate of drug-likeness (QED) is 0.777. The van der Waals surface area contributed by atoms with Crippen molar-refractivity contribution < 1.29 is 5.21 Å². The molecule has 1 rings (SSSR count). The van der Waals surface area contributed by atoms with Gasteiger partial charge in [0, 0.05) is 11.1 Å². The van der Waals surface area contributed by atoms with Crippen LogP contribution in [-0.4, -0.2) is 21.3 Å². The molecule has 1 atom stereocenters. The Morgan fingerprint density at radius 1 is 1.06 bits per heavy atom. The molecule has 1 fully saturated rings. The van der Waals surface area contributed by atoms with E-state index in [-0.39, 0.29) is 11.1 Å². The minimum atomic E-state index is 0.00424. The molecule has 2 heteroatoms. The van der Waals surface area contributed by atoms with E-state index < -0.39 is 0 Å². The fraction of sp³-hybridized carbons (Fsp3) is 1.00. The Hall–Kier alpha value is -0.0800. The Balaban J connectivity index is 3.07. The standard InChI is InChI=1S/C14H29NO/c1-6-13(7-2)11-10-12(5)14(8-3,9-4)15(13)16/h12,16H,6-11H2,1-5H3. The second kappa shape index (κ2) is 5.05. The van der Waals surface area contributed by atoms with Gasteiger partial charge in [0.25, 0.3) is 0 Å². The third-order valence-corrected chi connectivity index (χ3v) is 5.37. The van der Waals surface area contributed by atoms with E-state index in [1.165, 1.54) is 6.42 Å². The summed E-state index contributed by atoms with van der Waals surface area (Å²) in [6.45, 7) is 11.1. The number of nitrogens with zero attached hydrogens (tertiary/aromatic N) is 1. The predicted octanol–water partition coefficient (Wildman–Crippen LogP) is 4.23. The van der Waals surface area contributed by atoms with Crippen LogP contribution in [0.25, 0.3) is 0 Å². The monoisotopic (exact) mass is 227 g/mol. The van der Waals surface area contributed by atoms with Crippen LogP contribution in [0.5, 0.6) is 0 Å². The van der Waals surface area contributed by atoms with E-state index in [2.05, 4.69) is 34.6 Å². The summed E-state index contributed by atoms with van der Waals surface area (Å²) in [6, 6.07) is 0. The summed E-state index contributed by atoms with van der Waals surface area (Å²) in [5, 5.41) is 12.5. The summed E-state index contributed by atoms with van der Waals surface area (Å²) in [5.74, 6) is 0.596. The summed E-state index contributed by atoms with van der Waals surface area (Å²) in [6.07, 6.45) is 6.58. The van der Waals surface area contributed by atoms with Gasteiger partial charge in [-0.1, -0.05) is 34.6 Å². The molecule has 0 aromatic heterocycles. The van der Waals surface area contributed by atoms with Crippen molar-refractivity contribution in [3.63, 3.8) is 0 Å². The number of hydrogen-bond donors (Lipinski definition) is 1. The van der Waals surface area contributed by atoms with Crippen LogP contribution in [0.4, 0.5) is 0 Å². The molecule has 1 aliphatic rings. The number of hydrogen-bond acceptors (Lipinski definition) is 2. The van der Waals surface area contributed by atoms with Crippen molar-refractivity contribution in [3.8, 4) is 0 Å². The number of hydroxylamine groups is 2. The SMILES string of the molecule is CCC1(CC)CCC(C)C(CC)(CC)N1O. The molecule has 0 aromatic carbocycles. The highest BCUT2D eigenvalue weighted by atomic mass is 16.5. The van der Waals surface area contributed by atoms with Crippen molar-refractivity contribution in [1.29, 1.82) is 0 Å². The van der Waals surface area contributed by atoms with E-state index in [0.717, 1.165) is 32.1 Å². The van der Waals surface area contributed by atoms with Crippen LogP contribution in [0.2, 0.25) is 0 Å². The van der Waals surface area contributed by atoms with Gasteiger partial charge < -0.3 is 5.21 Å². The first-order chi connectivity index (χ1) is 7.53. The molecule has 0 spiro atoms. The maximum absolute atomic E-state index is 10.7. The minimum Gasteiger partial charge on any atom is -0.313 e. The summed E-state index contributed by atoms with van der Waals surface area (Å²) in [5.41, 5.74) is 0.0306. The minimum absolute atomic E-state index is 0.00424. The highest BCUT2D eigenvalue weighted by Crippen LogP contribution is 2.47. The molecule has 1 unspecified atom stereocenters. The number of piperidine rings is 1. The zero-order valence-electron chi connectivity index (χ0n) is 11.7. The van der Waals surface area contributed by atoms with Crippen LogP contribution in [0.3, 0.4) is 0 Å². The van der Waals surface area contributed by atoms with Gasteiger partial charge in [-0.2, -0.15) is 5.06 Å². The van der Waals surface area contributed by atoms with Gasteiger partial charge >= 0.3 is 0 Å². The molecule has 1 aliphatic heterocycles. The molecule has 0 bridgehead atoms. The molecule has 0 aliphatic carbocycles. The van der Waals surface area contributed by atoms with Gasteiger partial charge in [0.15, 0.2) is 0 Å². The molecule has 0 aromatic rings. The van der Waals surface area contributed by atoms with Crippen molar-refractivity contribution in [1.82, 2.24) is 5.06 Å². The third kappa shape index (κ3) is 1.80. The largest absolute Gasteiger partial charge is 0.313 e. The molecule has 0 radical (unpaired) electrons. The van der Waals surface area contributed by atoms with Crippen LogP contribution in [-0.2, 0) is 0 Å². The Morgan fingerprint density at radius 3 is 1.94 bits per heavy atom. The maximum Gasteiger partial charge on any atom is 0.0487 e. The van der Waals surface area contributed by atoms with Crippen molar-refractivity contribution in [2.75, 3.05) is 0 Å². The van der Waals surface area contributed by atoms with Gasteiger partial charge in [0.2, 0.25) is 0 Å². The first-order valence-corrected chi connectivity index (χ1v) is 7.02. The molecule has 1 saturated heterocycles. The molecule has 1 heterocycles. The molecule has 96 valence electrons. The van der Waals surface area contributed by atoms with E-state index in [9.17, 15) is 5.21 Å². The van der Waals surface area contributed by atoms with Crippen molar-refractivity contribution >= 4 is 0 Å². The second-order valence-electron chi connectivity index (χ2n) is 5.49. The molecule has 16 heavy (non-hydrogen) atoms. The van der Waals surface area contributed by atoms with Gasteiger partial charge in [-0.25, -0.2) is 0 Å². The molecular weight excluding hydrogens is 198 g/mol. The summed E-state index contributed by atoms with van der Waals surface area (Å²) in [4.78, 5) is 0. The Labute approximate surface area is 101 Å². The van der Waals surface area contributed by atoms with Gasteiger partial charge in [-0.05, 0) is 44.4 Å². The summed E-state index contributed by atoms with van der Waals surface area (Å²) in [7, 11) is 0. The van der Waals surface area contributed by atoms with Crippen molar-refractivity contribution in [2.45, 2.75) is 84.2 Å². The summed E-state index contributed by atoms with van der Waals surface area (Å²) >= 11 is 0. The van der Waals surface area contributed by atoms with E-state index in [1.807, 2.05) is 0 Å². The van der Waals surface area contributed by atoms with E-state index in [4.69, 9.17) is 0 Å². The van der Waals surface area contributed by atoms with E-state index in [0.29, 0.717) is 5.92 Å². The molecule has 2 nitrogen and oxygen atoms in total.